The number of aryl methyl sites for hydroxylation is 2. The second-order valence-corrected chi connectivity index (χ2v) is 7.25. The minimum absolute atomic E-state index is 0.147. The predicted octanol–water partition coefficient (Wildman–Crippen LogP) is 2.36. The maximum atomic E-state index is 13.0. The van der Waals surface area contributed by atoms with Crippen LogP contribution in [0, 0.1) is 5.82 Å². The number of nitrogens with zero attached hydrogens (tertiary/aromatic N) is 9. The molecule has 0 saturated carbocycles. The lowest BCUT2D eigenvalue weighted by molar-refractivity contribution is 0.282. The van der Waals surface area contributed by atoms with Gasteiger partial charge in [-0.25, -0.2) is 14.1 Å². The van der Waals surface area contributed by atoms with Crippen LogP contribution in [0.25, 0.3) is 22.8 Å². The van der Waals surface area contributed by atoms with Crippen LogP contribution in [0.15, 0.2) is 53.3 Å². The van der Waals surface area contributed by atoms with E-state index in [4.69, 9.17) is 9.26 Å². The summed E-state index contributed by atoms with van der Waals surface area (Å²) in [5, 5.41) is 19.9. The van der Waals surface area contributed by atoms with Crippen LogP contribution in [0.5, 0.6) is 5.88 Å². The van der Waals surface area contributed by atoms with E-state index in [9.17, 15) is 4.39 Å². The molecule has 0 fully saturated rings. The monoisotopic (exact) mass is 447 g/mol. The fraction of sp³-hybridized carbons (Fsp3) is 0.190. The van der Waals surface area contributed by atoms with E-state index >= 15 is 0 Å². The summed E-state index contributed by atoms with van der Waals surface area (Å²) in [4.78, 5) is 8.42. The molecule has 0 aliphatic rings. The van der Waals surface area contributed by atoms with Crippen molar-refractivity contribution in [2.45, 2.75) is 13.0 Å². The topological polar surface area (TPSA) is 122 Å². The average Bonchev–Trinajstić information content (AvgIpc) is 3.55. The third-order valence-electron chi connectivity index (χ3n) is 5.06. The lowest BCUT2D eigenvalue weighted by atomic mass is 10.1. The van der Waals surface area contributed by atoms with Crippen LogP contribution in [0.2, 0.25) is 0 Å². The van der Waals surface area contributed by atoms with Crippen LogP contribution < -0.4 is 4.74 Å². The maximum absolute atomic E-state index is 13.0. The van der Waals surface area contributed by atoms with Gasteiger partial charge in [-0.15, -0.1) is 5.10 Å². The second-order valence-electron chi connectivity index (χ2n) is 7.25. The Morgan fingerprint density at radius 1 is 1.03 bits per heavy atom. The molecule has 0 N–H and O–H groups in total. The number of ether oxygens (including phenoxy) is 1. The lowest BCUT2D eigenvalue weighted by Gasteiger charge is -2.06. The first-order valence-corrected chi connectivity index (χ1v) is 9.96. The van der Waals surface area contributed by atoms with Crippen molar-refractivity contribution in [3.8, 4) is 28.7 Å². The van der Waals surface area contributed by atoms with Crippen LogP contribution in [0.3, 0.4) is 0 Å². The standard InChI is InChI=1S/C21H18FN9O2/c1-30-17(12-32-19-8-7-15(22)10-23-19)16(11-24-30)21-25-20(27-33-21)14-5-3-13(4-6-14)9-18-26-28-29-31(18)2/h3-8,10-11H,9,12H2,1-2H3. The van der Waals surface area contributed by atoms with Crippen molar-refractivity contribution in [2.24, 2.45) is 14.1 Å². The molecule has 5 aromatic rings. The zero-order valence-corrected chi connectivity index (χ0v) is 17.8. The molecule has 0 aliphatic heterocycles. The fourth-order valence-electron chi connectivity index (χ4n) is 3.20. The Morgan fingerprint density at radius 2 is 1.88 bits per heavy atom. The fourth-order valence-corrected chi connectivity index (χ4v) is 3.20. The number of pyridine rings is 1. The minimum Gasteiger partial charge on any atom is -0.471 e. The summed E-state index contributed by atoms with van der Waals surface area (Å²) in [5.74, 6) is 1.41. The number of aromatic nitrogens is 9. The number of benzene rings is 1. The van der Waals surface area contributed by atoms with Gasteiger partial charge < -0.3 is 9.26 Å². The van der Waals surface area contributed by atoms with Gasteiger partial charge in [-0.3, -0.25) is 4.68 Å². The molecule has 0 amide bonds. The summed E-state index contributed by atoms with van der Waals surface area (Å²) >= 11 is 0. The number of rotatable bonds is 7. The van der Waals surface area contributed by atoms with E-state index in [0.29, 0.717) is 35.3 Å². The first-order valence-electron chi connectivity index (χ1n) is 9.96. The smallest absolute Gasteiger partial charge is 0.261 e. The van der Waals surface area contributed by atoms with E-state index < -0.39 is 5.82 Å². The molecule has 0 radical (unpaired) electrons. The first kappa shape index (κ1) is 20.4. The molecular formula is C21H18FN9O2. The summed E-state index contributed by atoms with van der Waals surface area (Å²) in [7, 11) is 3.58. The largest absolute Gasteiger partial charge is 0.471 e. The van der Waals surface area contributed by atoms with Crippen molar-refractivity contribution in [1.29, 1.82) is 0 Å². The van der Waals surface area contributed by atoms with Crippen molar-refractivity contribution in [1.82, 2.24) is 45.1 Å². The summed E-state index contributed by atoms with van der Waals surface area (Å²) in [5.41, 5.74) is 3.22. The van der Waals surface area contributed by atoms with E-state index in [1.165, 1.54) is 12.1 Å². The van der Waals surface area contributed by atoms with E-state index in [1.54, 1.807) is 29.7 Å². The highest BCUT2D eigenvalue weighted by Gasteiger charge is 2.18. The van der Waals surface area contributed by atoms with Gasteiger partial charge in [-0.2, -0.15) is 10.1 Å². The van der Waals surface area contributed by atoms with Crippen LogP contribution in [0.4, 0.5) is 4.39 Å². The van der Waals surface area contributed by atoms with E-state index in [-0.39, 0.29) is 6.61 Å². The van der Waals surface area contributed by atoms with Gasteiger partial charge in [0.1, 0.15) is 12.4 Å². The van der Waals surface area contributed by atoms with Crippen molar-refractivity contribution in [3.05, 3.63) is 71.7 Å². The van der Waals surface area contributed by atoms with Gasteiger partial charge in [-0.05, 0) is 22.1 Å². The summed E-state index contributed by atoms with van der Waals surface area (Å²) < 4.78 is 27.5. The zero-order chi connectivity index (χ0) is 22.8. The molecule has 33 heavy (non-hydrogen) atoms. The highest BCUT2D eigenvalue weighted by Crippen LogP contribution is 2.26. The minimum atomic E-state index is -0.430. The molecule has 0 unspecified atom stereocenters. The number of halogens is 1. The molecule has 166 valence electrons. The van der Waals surface area contributed by atoms with Gasteiger partial charge in [0, 0.05) is 32.1 Å². The maximum Gasteiger partial charge on any atom is 0.261 e. The number of hydrogen-bond acceptors (Lipinski definition) is 9. The molecule has 1 aromatic carbocycles. The molecule has 12 heteroatoms. The van der Waals surface area contributed by atoms with Crippen LogP contribution >= 0.6 is 0 Å². The van der Waals surface area contributed by atoms with Gasteiger partial charge >= 0.3 is 0 Å². The SMILES string of the molecule is Cn1nnnc1Cc1ccc(-c2noc(-c3cnn(C)c3COc3ccc(F)cn3)n2)cc1. The van der Waals surface area contributed by atoms with Crippen LogP contribution in [0.1, 0.15) is 17.1 Å². The van der Waals surface area contributed by atoms with Gasteiger partial charge in [0.25, 0.3) is 5.89 Å². The van der Waals surface area contributed by atoms with E-state index in [0.717, 1.165) is 23.1 Å². The molecule has 0 aliphatic carbocycles. The van der Waals surface area contributed by atoms with E-state index in [2.05, 4.69) is 35.7 Å². The number of tetrazole rings is 1. The Kier molecular flexibility index (Phi) is 5.30. The molecule has 11 nitrogen and oxygen atoms in total. The third kappa shape index (κ3) is 4.31. The predicted molar refractivity (Wildman–Crippen MR) is 112 cm³/mol. The Bertz CT molecular complexity index is 1370. The molecule has 0 atom stereocenters. The third-order valence-corrected chi connectivity index (χ3v) is 5.06. The second kappa shape index (κ2) is 8.57. The Balaban J connectivity index is 1.32. The highest BCUT2D eigenvalue weighted by molar-refractivity contribution is 5.61. The Labute approximate surface area is 186 Å². The normalized spacial score (nSPS) is 11.1. The van der Waals surface area contributed by atoms with E-state index in [1.807, 2.05) is 24.3 Å². The van der Waals surface area contributed by atoms with Crippen molar-refractivity contribution < 1.29 is 13.7 Å². The summed E-state index contributed by atoms with van der Waals surface area (Å²) in [6.07, 6.45) is 3.34. The van der Waals surface area contributed by atoms with Crippen LogP contribution in [-0.2, 0) is 27.1 Å². The van der Waals surface area contributed by atoms with Crippen molar-refractivity contribution in [2.75, 3.05) is 0 Å². The molecule has 4 aromatic heterocycles. The highest BCUT2D eigenvalue weighted by atomic mass is 19.1. The zero-order valence-electron chi connectivity index (χ0n) is 17.8. The molecule has 0 saturated heterocycles. The molecular weight excluding hydrogens is 429 g/mol. The molecule has 0 spiro atoms. The average molecular weight is 447 g/mol. The van der Waals surface area contributed by atoms with Crippen LogP contribution in [-0.4, -0.2) is 45.1 Å². The number of hydrogen-bond donors (Lipinski definition) is 0. The Morgan fingerprint density at radius 3 is 2.61 bits per heavy atom. The van der Waals surface area contributed by atoms with Gasteiger partial charge in [-0.1, -0.05) is 29.4 Å². The van der Waals surface area contributed by atoms with Crippen molar-refractivity contribution >= 4 is 0 Å². The van der Waals surface area contributed by atoms with Crippen molar-refractivity contribution in [3.63, 3.8) is 0 Å². The lowest BCUT2D eigenvalue weighted by Crippen LogP contribution is -2.05. The molecule has 0 bridgehead atoms. The first-order chi connectivity index (χ1) is 16.1. The Hall–Kier alpha value is -4.48. The quantitative estimate of drug-likeness (QED) is 0.370. The van der Waals surface area contributed by atoms with Gasteiger partial charge in [0.15, 0.2) is 5.82 Å². The summed E-state index contributed by atoms with van der Waals surface area (Å²) in [6, 6.07) is 10.5. The van der Waals surface area contributed by atoms with Gasteiger partial charge in [0.05, 0.1) is 23.7 Å². The summed E-state index contributed by atoms with van der Waals surface area (Å²) in [6.45, 7) is 0.147. The van der Waals surface area contributed by atoms with Gasteiger partial charge in [0.2, 0.25) is 11.7 Å². The molecule has 5 rings (SSSR count). The molecule has 4 heterocycles.